The topological polar surface area (TPSA) is 75.3 Å². The van der Waals surface area contributed by atoms with Gasteiger partial charge in [-0.25, -0.2) is 8.42 Å². The van der Waals surface area contributed by atoms with Crippen molar-refractivity contribution in [2.45, 2.75) is 22.8 Å². The molecule has 0 fully saturated rings. The van der Waals surface area contributed by atoms with Crippen molar-refractivity contribution in [3.63, 3.8) is 0 Å². The highest BCUT2D eigenvalue weighted by Crippen LogP contribution is 2.19. The molecular formula is C16H17ClN2O3S2. The molecule has 128 valence electrons. The molecule has 0 bridgehead atoms. The Morgan fingerprint density at radius 3 is 2.46 bits per heavy atom. The van der Waals surface area contributed by atoms with Crippen LogP contribution in [-0.4, -0.2) is 26.6 Å². The molecule has 0 radical (unpaired) electrons. The number of rotatable bonds is 6. The number of sulfonamides is 1. The first-order valence-electron chi connectivity index (χ1n) is 7.04. The minimum atomic E-state index is -3.80. The number of halogens is 1. The van der Waals surface area contributed by atoms with Crippen LogP contribution in [0.1, 0.15) is 6.92 Å². The zero-order valence-corrected chi connectivity index (χ0v) is 15.5. The third-order valence-corrected chi connectivity index (χ3v) is 5.72. The number of benzene rings is 2. The summed E-state index contributed by atoms with van der Waals surface area (Å²) in [5, 5.41) is 3.14. The Kier molecular flexibility index (Phi) is 6.28. The van der Waals surface area contributed by atoms with Gasteiger partial charge in [-0.05, 0) is 55.6 Å². The molecule has 2 aromatic rings. The number of thioether (sulfide) groups is 1. The van der Waals surface area contributed by atoms with E-state index in [9.17, 15) is 13.2 Å². The summed E-state index contributed by atoms with van der Waals surface area (Å²) in [7, 11) is -3.80. The Hall–Kier alpha value is -1.54. The van der Waals surface area contributed by atoms with Crippen LogP contribution in [0.2, 0.25) is 5.02 Å². The van der Waals surface area contributed by atoms with Gasteiger partial charge in [-0.1, -0.05) is 17.7 Å². The molecule has 0 spiro atoms. The lowest BCUT2D eigenvalue weighted by molar-refractivity contribution is -0.117. The van der Waals surface area contributed by atoms with Crippen LogP contribution in [0.3, 0.4) is 0 Å². The molecule has 0 saturated heterocycles. The van der Waals surface area contributed by atoms with Crippen molar-refractivity contribution < 1.29 is 13.2 Å². The summed E-state index contributed by atoms with van der Waals surface area (Å²) in [6.07, 6.45) is 1.93. The molecule has 2 aromatic carbocycles. The Bertz CT molecular complexity index is 823. The van der Waals surface area contributed by atoms with E-state index in [1.165, 1.54) is 31.2 Å². The van der Waals surface area contributed by atoms with E-state index in [0.717, 1.165) is 4.90 Å². The van der Waals surface area contributed by atoms with Gasteiger partial charge in [0.2, 0.25) is 15.9 Å². The van der Waals surface area contributed by atoms with E-state index in [2.05, 4.69) is 10.0 Å². The van der Waals surface area contributed by atoms with Gasteiger partial charge < -0.3 is 5.32 Å². The zero-order valence-electron chi connectivity index (χ0n) is 13.1. The first kappa shape index (κ1) is 18.8. The molecule has 24 heavy (non-hydrogen) atoms. The van der Waals surface area contributed by atoms with E-state index in [0.29, 0.717) is 10.7 Å². The molecule has 0 heterocycles. The number of hydrogen-bond donors (Lipinski definition) is 2. The number of nitrogens with one attached hydrogen (secondary N) is 2. The second-order valence-electron chi connectivity index (χ2n) is 5.02. The largest absolute Gasteiger partial charge is 0.325 e. The van der Waals surface area contributed by atoms with Gasteiger partial charge in [0.15, 0.2) is 0 Å². The Balaban J connectivity index is 2.06. The fourth-order valence-corrected chi connectivity index (χ4v) is 3.71. The lowest BCUT2D eigenvalue weighted by Gasteiger charge is -2.15. The molecule has 2 N–H and O–H groups in total. The number of carbonyl (C=O) groups excluding carboxylic acids is 1. The van der Waals surface area contributed by atoms with Crippen molar-refractivity contribution >= 4 is 45.0 Å². The van der Waals surface area contributed by atoms with Crippen LogP contribution in [0.5, 0.6) is 0 Å². The number of anilines is 1. The lowest BCUT2D eigenvalue weighted by Crippen LogP contribution is -2.41. The average molecular weight is 385 g/mol. The van der Waals surface area contributed by atoms with E-state index in [-0.39, 0.29) is 4.90 Å². The molecule has 8 heteroatoms. The molecule has 0 unspecified atom stereocenters. The maximum atomic E-state index is 12.3. The fourth-order valence-electron chi connectivity index (χ4n) is 1.92. The normalized spacial score (nSPS) is 12.6. The molecule has 2 rings (SSSR count). The highest BCUT2D eigenvalue weighted by Gasteiger charge is 2.22. The molecule has 0 aliphatic heterocycles. The summed E-state index contributed by atoms with van der Waals surface area (Å²) < 4.78 is 26.9. The standard InChI is InChI=1S/C16H17ClN2O3S2/c1-11(16(20)18-13-4-3-5-14(10-13)23-2)19-24(21,22)15-8-6-12(17)7-9-15/h3-11,19H,1-2H3,(H,18,20)/t11-/m1/s1. The van der Waals surface area contributed by atoms with E-state index >= 15 is 0 Å². The SMILES string of the molecule is CSc1cccc(NC(=O)[C@@H](C)NS(=O)(=O)c2ccc(Cl)cc2)c1. The number of carbonyl (C=O) groups is 1. The molecule has 0 aromatic heterocycles. The predicted molar refractivity (Wildman–Crippen MR) is 98.1 cm³/mol. The van der Waals surface area contributed by atoms with Crippen LogP contribution < -0.4 is 10.0 Å². The van der Waals surface area contributed by atoms with Gasteiger partial charge in [0, 0.05) is 15.6 Å². The Morgan fingerprint density at radius 2 is 1.83 bits per heavy atom. The lowest BCUT2D eigenvalue weighted by atomic mass is 10.3. The average Bonchev–Trinajstić information content (AvgIpc) is 2.55. The van der Waals surface area contributed by atoms with Crippen molar-refractivity contribution in [2.75, 3.05) is 11.6 Å². The van der Waals surface area contributed by atoms with Gasteiger partial charge in [-0.2, -0.15) is 4.72 Å². The summed E-state index contributed by atoms with van der Waals surface area (Å²) in [4.78, 5) is 13.3. The minimum absolute atomic E-state index is 0.0518. The second kappa shape index (κ2) is 8.02. The molecule has 0 aliphatic rings. The second-order valence-corrected chi connectivity index (χ2v) is 8.05. The van der Waals surface area contributed by atoms with Crippen molar-refractivity contribution in [2.24, 2.45) is 0 Å². The van der Waals surface area contributed by atoms with Gasteiger partial charge in [0.1, 0.15) is 0 Å². The van der Waals surface area contributed by atoms with Gasteiger partial charge in [0.25, 0.3) is 0 Å². The van der Waals surface area contributed by atoms with Gasteiger partial charge in [-0.3, -0.25) is 4.79 Å². The summed E-state index contributed by atoms with van der Waals surface area (Å²) in [6, 6.07) is 12.1. The van der Waals surface area contributed by atoms with Crippen LogP contribution in [0, 0.1) is 0 Å². The monoisotopic (exact) mass is 384 g/mol. The van der Waals surface area contributed by atoms with Crippen molar-refractivity contribution in [3.8, 4) is 0 Å². The van der Waals surface area contributed by atoms with Gasteiger partial charge in [0.05, 0.1) is 10.9 Å². The van der Waals surface area contributed by atoms with Crippen molar-refractivity contribution in [3.05, 3.63) is 53.6 Å². The summed E-state index contributed by atoms with van der Waals surface area (Å²) >= 11 is 7.31. The van der Waals surface area contributed by atoms with Crippen LogP contribution in [0.4, 0.5) is 5.69 Å². The Labute approximate surface area is 150 Å². The Morgan fingerprint density at radius 1 is 1.17 bits per heavy atom. The first-order chi connectivity index (χ1) is 11.3. The van der Waals surface area contributed by atoms with Gasteiger partial charge >= 0.3 is 0 Å². The smallest absolute Gasteiger partial charge is 0.242 e. The molecule has 5 nitrogen and oxygen atoms in total. The van der Waals surface area contributed by atoms with E-state index in [1.807, 2.05) is 24.5 Å². The van der Waals surface area contributed by atoms with Crippen molar-refractivity contribution in [1.29, 1.82) is 0 Å². The fraction of sp³-hybridized carbons (Fsp3) is 0.188. The summed E-state index contributed by atoms with van der Waals surface area (Å²) in [6.45, 7) is 1.49. The first-order valence-corrected chi connectivity index (χ1v) is 10.1. The predicted octanol–water partition coefficient (Wildman–Crippen LogP) is 3.37. The quantitative estimate of drug-likeness (QED) is 0.749. The zero-order chi connectivity index (χ0) is 17.7. The van der Waals surface area contributed by atoms with Crippen LogP contribution in [-0.2, 0) is 14.8 Å². The van der Waals surface area contributed by atoms with Crippen molar-refractivity contribution in [1.82, 2.24) is 4.72 Å². The highest BCUT2D eigenvalue weighted by molar-refractivity contribution is 7.98. The number of hydrogen-bond acceptors (Lipinski definition) is 4. The third kappa shape index (κ3) is 4.98. The summed E-state index contributed by atoms with van der Waals surface area (Å²) in [5.74, 6) is -0.439. The molecule has 1 atom stereocenters. The van der Waals surface area contributed by atoms with E-state index in [4.69, 9.17) is 11.6 Å². The number of amides is 1. The van der Waals surface area contributed by atoms with E-state index in [1.54, 1.807) is 17.8 Å². The molecule has 0 saturated carbocycles. The molecular weight excluding hydrogens is 368 g/mol. The molecule has 1 amide bonds. The maximum absolute atomic E-state index is 12.3. The van der Waals surface area contributed by atoms with E-state index < -0.39 is 22.0 Å². The van der Waals surface area contributed by atoms with Crippen LogP contribution in [0.25, 0.3) is 0 Å². The highest BCUT2D eigenvalue weighted by atomic mass is 35.5. The van der Waals surface area contributed by atoms with Crippen LogP contribution in [0.15, 0.2) is 58.3 Å². The van der Waals surface area contributed by atoms with Gasteiger partial charge in [-0.15, -0.1) is 11.8 Å². The molecule has 0 aliphatic carbocycles. The van der Waals surface area contributed by atoms with Crippen LogP contribution >= 0.6 is 23.4 Å². The summed E-state index contributed by atoms with van der Waals surface area (Å²) in [5.41, 5.74) is 0.615. The maximum Gasteiger partial charge on any atom is 0.242 e. The third-order valence-electron chi connectivity index (χ3n) is 3.19. The minimum Gasteiger partial charge on any atom is -0.325 e.